The minimum atomic E-state index is -0.318. The highest BCUT2D eigenvalue weighted by atomic mass is 16.3. The van der Waals surface area contributed by atoms with Crippen LogP contribution in [0.1, 0.15) is 30.7 Å². The van der Waals surface area contributed by atoms with E-state index in [4.69, 9.17) is 4.42 Å². The molecule has 1 saturated heterocycles. The van der Waals surface area contributed by atoms with Gasteiger partial charge in [0.2, 0.25) is 11.8 Å². The van der Waals surface area contributed by atoms with Gasteiger partial charge in [0.15, 0.2) is 0 Å². The van der Waals surface area contributed by atoms with Crippen LogP contribution in [0.3, 0.4) is 0 Å². The Morgan fingerprint density at radius 1 is 1.29 bits per heavy atom. The molecule has 1 aliphatic rings. The molecule has 2 atom stereocenters. The summed E-state index contributed by atoms with van der Waals surface area (Å²) < 4.78 is 5.38. The van der Waals surface area contributed by atoms with Gasteiger partial charge in [-0.1, -0.05) is 17.7 Å². The fraction of sp³-hybridized carbons (Fsp3) is 0.368. The number of carbonyl (C=O) groups is 2. The third kappa shape index (κ3) is 3.07. The Balaban J connectivity index is 1.70. The lowest BCUT2D eigenvalue weighted by Gasteiger charge is -2.26. The van der Waals surface area contributed by atoms with E-state index < -0.39 is 0 Å². The quantitative estimate of drug-likeness (QED) is 0.867. The summed E-state index contributed by atoms with van der Waals surface area (Å²) in [6, 6.07) is 11.3. The average Bonchev–Trinajstić information content (AvgIpc) is 3.23. The van der Waals surface area contributed by atoms with Crippen LogP contribution in [0.25, 0.3) is 0 Å². The largest absolute Gasteiger partial charge is 0.467 e. The van der Waals surface area contributed by atoms with Crippen LogP contribution in [0.15, 0.2) is 47.1 Å². The molecule has 1 aliphatic heterocycles. The Kier molecular flexibility index (Phi) is 4.42. The van der Waals surface area contributed by atoms with Gasteiger partial charge in [-0.05, 0) is 38.1 Å². The van der Waals surface area contributed by atoms with Gasteiger partial charge in [0, 0.05) is 25.7 Å². The lowest BCUT2D eigenvalue weighted by molar-refractivity contribution is -0.136. The number of hydrogen-bond acceptors (Lipinski definition) is 3. The Bertz CT molecular complexity index is 722. The topological polar surface area (TPSA) is 53.8 Å². The maximum absolute atomic E-state index is 12.8. The van der Waals surface area contributed by atoms with Crippen molar-refractivity contribution < 1.29 is 14.0 Å². The van der Waals surface area contributed by atoms with Gasteiger partial charge in [0.25, 0.3) is 0 Å². The molecular formula is C19H22N2O3. The lowest BCUT2D eigenvalue weighted by Crippen LogP contribution is -2.36. The molecular weight excluding hydrogens is 304 g/mol. The fourth-order valence-electron chi connectivity index (χ4n) is 3.05. The second kappa shape index (κ2) is 6.51. The molecule has 24 heavy (non-hydrogen) atoms. The smallest absolute Gasteiger partial charge is 0.228 e. The lowest BCUT2D eigenvalue weighted by atomic mass is 10.1. The summed E-state index contributed by atoms with van der Waals surface area (Å²) >= 11 is 0. The fourth-order valence-corrected chi connectivity index (χ4v) is 3.05. The van der Waals surface area contributed by atoms with E-state index in [2.05, 4.69) is 0 Å². The third-order valence-corrected chi connectivity index (χ3v) is 4.70. The molecule has 0 aliphatic carbocycles. The number of benzene rings is 1. The molecule has 5 heteroatoms. The second-order valence-electron chi connectivity index (χ2n) is 6.38. The van der Waals surface area contributed by atoms with Crippen molar-refractivity contribution in [3.63, 3.8) is 0 Å². The van der Waals surface area contributed by atoms with Gasteiger partial charge in [-0.2, -0.15) is 0 Å². The predicted octanol–water partition coefficient (Wildman–Crippen LogP) is 3.16. The predicted molar refractivity (Wildman–Crippen MR) is 91.5 cm³/mol. The molecule has 2 unspecified atom stereocenters. The van der Waals surface area contributed by atoms with Crippen molar-refractivity contribution in [1.29, 1.82) is 0 Å². The van der Waals surface area contributed by atoms with Crippen LogP contribution >= 0.6 is 0 Å². The monoisotopic (exact) mass is 326 g/mol. The Morgan fingerprint density at radius 2 is 2.00 bits per heavy atom. The number of carbonyl (C=O) groups excluding carboxylic acids is 2. The summed E-state index contributed by atoms with van der Waals surface area (Å²) in [7, 11) is 1.76. The molecule has 0 bridgehead atoms. The van der Waals surface area contributed by atoms with Crippen molar-refractivity contribution in [3.8, 4) is 0 Å². The molecule has 2 amide bonds. The van der Waals surface area contributed by atoms with Crippen LogP contribution in [0, 0.1) is 12.8 Å². The van der Waals surface area contributed by atoms with Gasteiger partial charge in [0.1, 0.15) is 5.76 Å². The van der Waals surface area contributed by atoms with Crippen molar-refractivity contribution in [2.45, 2.75) is 26.3 Å². The van der Waals surface area contributed by atoms with Crippen molar-refractivity contribution in [2.24, 2.45) is 5.92 Å². The minimum Gasteiger partial charge on any atom is -0.467 e. The van der Waals surface area contributed by atoms with E-state index in [0.717, 1.165) is 17.0 Å². The number of aryl methyl sites for hydroxylation is 1. The summed E-state index contributed by atoms with van der Waals surface area (Å²) in [5.74, 6) is 0.393. The molecule has 1 aromatic heterocycles. The van der Waals surface area contributed by atoms with Crippen LogP contribution in [0.2, 0.25) is 0 Å². The van der Waals surface area contributed by atoms with E-state index in [-0.39, 0.29) is 30.2 Å². The highest BCUT2D eigenvalue weighted by Crippen LogP contribution is 2.28. The van der Waals surface area contributed by atoms with Gasteiger partial charge in [-0.15, -0.1) is 0 Å². The van der Waals surface area contributed by atoms with Gasteiger partial charge in [-0.3, -0.25) is 9.59 Å². The minimum absolute atomic E-state index is 0.00347. The van der Waals surface area contributed by atoms with Crippen LogP contribution in [0.4, 0.5) is 5.69 Å². The molecule has 3 rings (SSSR count). The molecule has 0 spiro atoms. The SMILES string of the molecule is Cc1ccc(N2CC(C(=O)N(C)C(C)c3ccco3)CC2=O)cc1. The summed E-state index contributed by atoms with van der Waals surface area (Å²) in [4.78, 5) is 28.5. The summed E-state index contributed by atoms with van der Waals surface area (Å²) in [5, 5.41) is 0. The van der Waals surface area contributed by atoms with Crippen LogP contribution in [-0.4, -0.2) is 30.3 Å². The number of furan rings is 1. The zero-order chi connectivity index (χ0) is 17.3. The first-order chi connectivity index (χ1) is 11.5. The molecule has 0 saturated carbocycles. The molecule has 0 radical (unpaired) electrons. The van der Waals surface area contributed by atoms with Crippen molar-refractivity contribution >= 4 is 17.5 Å². The van der Waals surface area contributed by atoms with Crippen molar-refractivity contribution in [2.75, 3.05) is 18.5 Å². The van der Waals surface area contributed by atoms with Gasteiger partial charge in [-0.25, -0.2) is 0 Å². The molecule has 2 heterocycles. The number of anilines is 1. The van der Waals surface area contributed by atoms with Crippen LogP contribution < -0.4 is 4.90 Å². The van der Waals surface area contributed by atoms with E-state index in [0.29, 0.717) is 6.54 Å². The molecule has 5 nitrogen and oxygen atoms in total. The number of amides is 2. The van der Waals surface area contributed by atoms with E-state index in [1.54, 1.807) is 23.1 Å². The first kappa shape index (κ1) is 16.3. The van der Waals surface area contributed by atoms with Gasteiger partial charge >= 0.3 is 0 Å². The number of rotatable bonds is 4. The third-order valence-electron chi connectivity index (χ3n) is 4.70. The summed E-state index contributed by atoms with van der Waals surface area (Å²) in [6.45, 7) is 4.36. The van der Waals surface area contributed by atoms with Crippen LogP contribution in [0.5, 0.6) is 0 Å². The molecule has 0 N–H and O–H groups in total. The zero-order valence-corrected chi connectivity index (χ0v) is 14.2. The maximum Gasteiger partial charge on any atom is 0.228 e. The molecule has 1 fully saturated rings. The van der Waals surface area contributed by atoms with E-state index in [1.807, 2.05) is 50.2 Å². The maximum atomic E-state index is 12.8. The molecule has 2 aromatic rings. The van der Waals surface area contributed by atoms with Crippen LogP contribution in [-0.2, 0) is 9.59 Å². The van der Waals surface area contributed by atoms with Gasteiger partial charge in [0.05, 0.1) is 18.2 Å². The molecule has 1 aromatic carbocycles. The highest BCUT2D eigenvalue weighted by molar-refractivity contribution is 6.00. The van der Waals surface area contributed by atoms with E-state index >= 15 is 0 Å². The Labute approximate surface area is 141 Å². The second-order valence-corrected chi connectivity index (χ2v) is 6.38. The standard InChI is InChI=1S/C19H22N2O3/c1-13-6-8-16(9-7-13)21-12-15(11-18(21)22)19(23)20(3)14(2)17-5-4-10-24-17/h4-10,14-15H,11-12H2,1-3H3. The highest BCUT2D eigenvalue weighted by Gasteiger charge is 2.37. The first-order valence-corrected chi connectivity index (χ1v) is 8.14. The first-order valence-electron chi connectivity index (χ1n) is 8.14. The van der Waals surface area contributed by atoms with E-state index in [1.165, 1.54) is 0 Å². The van der Waals surface area contributed by atoms with E-state index in [9.17, 15) is 9.59 Å². The summed E-state index contributed by atoms with van der Waals surface area (Å²) in [6.07, 6.45) is 1.85. The molecule has 126 valence electrons. The van der Waals surface area contributed by atoms with Crippen molar-refractivity contribution in [3.05, 3.63) is 54.0 Å². The average molecular weight is 326 g/mol. The normalized spacial score (nSPS) is 18.7. The zero-order valence-electron chi connectivity index (χ0n) is 14.2. The van der Waals surface area contributed by atoms with Crippen molar-refractivity contribution in [1.82, 2.24) is 4.90 Å². The number of nitrogens with zero attached hydrogens (tertiary/aromatic N) is 2. The van der Waals surface area contributed by atoms with Gasteiger partial charge < -0.3 is 14.2 Å². The summed E-state index contributed by atoms with van der Waals surface area (Å²) in [5.41, 5.74) is 1.99. The Morgan fingerprint density at radius 3 is 2.62 bits per heavy atom. The Hall–Kier alpha value is -2.56. The number of hydrogen-bond donors (Lipinski definition) is 0.